The first-order chi connectivity index (χ1) is 11.8. The summed E-state index contributed by atoms with van der Waals surface area (Å²) >= 11 is 0. The minimum absolute atomic E-state index is 0.392. The molecular weight excluding hydrogens is 302 g/mol. The molecule has 5 heteroatoms. The van der Waals surface area contributed by atoms with Gasteiger partial charge in [0.05, 0.1) is 19.4 Å². The number of hydrogen-bond acceptors (Lipinski definition) is 5. The Bertz CT molecular complexity index is 727. The Labute approximate surface area is 142 Å². The van der Waals surface area contributed by atoms with E-state index in [0.717, 1.165) is 43.3 Å². The molecule has 1 saturated heterocycles. The van der Waals surface area contributed by atoms with Gasteiger partial charge in [-0.3, -0.25) is 0 Å². The average Bonchev–Trinajstić information content (AvgIpc) is 3.30. The minimum atomic E-state index is 0.392. The van der Waals surface area contributed by atoms with Crippen LogP contribution in [-0.4, -0.2) is 30.3 Å². The number of ether oxygens (including phenoxy) is 2. The number of aromatic nitrogens is 2. The van der Waals surface area contributed by atoms with Crippen molar-refractivity contribution >= 4 is 5.82 Å². The van der Waals surface area contributed by atoms with Crippen molar-refractivity contribution < 1.29 is 9.47 Å². The summed E-state index contributed by atoms with van der Waals surface area (Å²) in [5.41, 5.74) is 5.13. The summed E-state index contributed by atoms with van der Waals surface area (Å²) < 4.78 is 11.0. The third-order valence-electron chi connectivity index (χ3n) is 4.99. The topological polar surface area (TPSA) is 56.3 Å². The van der Waals surface area contributed by atoms with Crippen LogP contribution in [0.2, 0.25) is 0 Å². The molecular formula is C19H23N3O2. The van der Waals surface area contributed by atoms with E-state index in [1.165, 1.54) is 29.5 Å². The van der Waals surface area contributed by atoms with Crippen molar-refractivity contribution in [3.8, 4) is 5.75 Å². The second-order valence-electron chi connectivity index (χ2n) is 6.53. The molecule has 5 nitrogen and oxygen atoms in total. The molecule has 0 spiro atoms. The Morgan fingerprint density at radius 3 is 2.88 bits per heavy atom. The van der Waals surface area contributed by atoms with Gasteiger partial charge in [0, 0.05) is 30.7 Å². The van der Waals surface area contributed by atoms with Gasteiger partial charge >= 0.3 is 0 Å². The molecule has 1 aliphatic heterocycles. The van der Waals surface area contributed by atoms with Gasteiger partial charge in [0.2, 0.25) is 0 Å². The Morgan fingerprint density at radius 2 is 2.08 bits per heavy atom. The summed E-state index contributed by atoms with van der Waals surface area (Å²) in [5, 5.41) is 3.42. The lowest BCUT2D eigenvalue weighted by atomic mass is 10.0. The third-order valence-corrected chi connectivity index (χ3v) is 4.99. The fourth-order valence-corrected chi connectivity index (χ4v) is 3.63. The lowest BCUT2D eigenvalue weighted by Gasteiger charge is -2.14. The predicted octanol–water partition coefficient (Wildman–Crippen LogP) is 3.09. The minimum Gasteiger partial charge on any atom is -0.496 e. The molecule has 24 heavy (non-hydrogen) atoms. The highest BCUT2D eigenvalue weighted by molar-refractivity contribution is 5.47. The monoisotopic (exact) mass is 325 g/mol. The molecule has 0 unspecified atom stereocenters. The fourth-order valence-electron chi connectivity index (χ4n) is 3.63. The van der Waals surface area contributed by atoms with E-state index in [1.807, 2.05) is 6.07 Å². The standard InChI is InChI=1S/C19H23N3O2/c1-23-18-8-14-4-2-3-13(14)7-16(18)10-20-19-9-17(21-12-22-19)15-5-6-24-11-15/h7-9,12,15H,2-6,10-11H2,1H3,(H,20,21,22)/t15-/m0/s1. The first kappa shape index (κ1) is 15.4. The normalized spacial score (nSPS) is 19.3. The zero-order valence-corrected chi connectivity index (χ0v) is 14.0. The van der Waals surface area contributed by atoms with Gasteiger partial charge in [-0.1, -0.05) is 6.07 Å². The molecule has 0 bridgehead atoms. The van der Waals surface area contributed by atoms with Crippen LogP contribution in [0.4, 0.5) is 5.82 Å². The molecule has 2 aliphatic rings. The molecule has 1 N–H and O–H groups in total. The summed E-state index contributed by atoms with van der Waals surface area (Å²) in [7, 11) is 1.74. The predicted molar refractivity (Wildman–Crippen MR) is 92.6 cm³/mol. The second-order valence-corrected chi connectivity index (χ2v) is 6.53. The van der Waals surface area contributed by atoms with E-state index < -0.39 is 0 Å². The zero-order valence-electron chi connectivity index (χ0n) is 14.0. The van der Waals surface area contributed by atoms with Crippen LogP contribution < -0.4 is 10.1 Å². The third kappa shape index (κ3) is 3.08. The SMILES string of the molecule is COc1cc2c(cc1CNc1cc([C@H]3CCOC3)ncn1)CCC2. The second kappa shape index (κ2) is 6.77. The number of fused-ring (bicyclic) bond motifs is 1. The molecule has 1 atom stereocenters. The van der Waals surface area contributed by atoms with Crippen LogP contribution in [0.15, 0.2) is 24.5 Å². The van der Waals surface area contributed by atoms with Crippen molar-refractivity contribution in [3.05, 3.63) is 46.9 Å². The molecule has 4 rings (SSSR count). The summed E-state index contributed by atoms with van der Waals surface area (Å²) in [5.74, 6) is 2.21. The van der Waals surface area contributed by atoms with Gasteiger partial charge in [-0.05, 0) is 42.9 Å². The maximum atomic E-state index is 5.57. The van der Waals surface area contributed by atoms with Crippen LogP contribution >= 0.6 is 0 Å². The van der Waals surface area contributed by atoms with Crippen molar-refractivity contribution in [3.63, 3.8) is 0 Å². The van der Waals surface area contributed by atoms with Crippen molar-refractivity contribution in [2.75, 3.05) is 25.6 Å². The van der Waals surface area contributed by atoms with Gasteiger partial charge in [0.25, 0.3) is 0 Å². The van der Waals surface area contributed by atoms with E-state index >= 15 is 0 Å². The number of hydrogen-bond donors (Lipinski definition) is 1. The average molecular weight is 325 g/mol. The fraction of sp³-hybridized carbons (Fsp3) is 0.474. The van der Waals surface area contributed by atoms with Crippen LogP contribution in [0.3, 0.4) is 0 Å². The maximum absolute atomic E-state index is 5.57. The van der Waals surface area contributed by atoms with E-state index in [2.05, 4.69) is 27.4 Å². The number of nitrogens with one attached hydrogen (secondary N) is 1. The zero-order chi connectivity index (χ0) is 16.4. The number of benzene rings is 1. The lowest BCUT2D eigenvalue weighted by Crippen LogP contribution is -2.07. The van der Waals surface area contributed by atoms with Crippen LogP contribution in [0, 0.1) is 0 Å². The van der Waals surface area contributed by atoms with Gasteiger partial charge in [-0.15, -0.1) is 0 Å². The highest BCUT2D eigenvalue weighted by atomic mass is 16.5. The summed E-state index contributed by atoms with van der Waals surface area (Å²) in [6, 6.07) is 6.51. The number of rotatable bonds is 5. The molecule has 0 saturated carbocycles. The first-order valence-corrected chi connectivity index (χ1v) is 8.65. The van der Waals surface area contributed by atoms with Crippen LogP contribution in [0.5, 0.6) is 5.75 Å². The highest BCUT2D eigenvalue weighted by Crippen LogP contribution is 2.30. The van der Waals surface area contributed by atoms with E-state index in [1.54, 1.807) is 13.4 Å². The molecule has 126 valence electrons. The van der Waals surface area contributed by atoms with Crippen molar-refractivity contribution in [1.29, 1.82) is 0 Å². The quantitative estimate of drug-likeness (QED) is 0.915. The van der Waals surface area contributed by atoms with Crippen molar-refractivity contribution in [1.82, 2.24) is 9.97 Å². The smallest absolute Gasteiger partial charge is 0.129 e. The Balaban J connectivity index is 1.50. The van der Waals surface area contributed by atoms with E-state index in [4.69, 9.17) is 9.47 Å². The molecule has 1 aliphatic carbocycles. The molecule has 0 amide bonds. The molecule has 2 heterocycles. The van der Waals surface area contributed by atoms with Gasteiger partial charge in [-0.25, -0.2) is 9.97 Å². The van der Waals surface area contributed by atoms with Crippen LogP contribution in [-0.2, 0) is 24.1 Å². The van der Waals surface area contributed by atoms with Gasteiger partial charge in [-0.2, -0.15) is 0 Å². The summed E-state index contributed by atoms with van der Waals surface area (Å²) in [4.78, 5) is 8.75. The summed E-state index contributed by atoms with van der Waals surface area (Å²) in [6.07, 6.45) is 6.25. The molecule has 0 radical (unpaired) electrons. The van der Waals surface area contributed by atoms with Gasteiger partial charge in [0.15, 0.2) is 0 Å². The van der Waals surface area contributed by atoms with E-state index in [0.29, 0.717) is 12.5 Å². The van der Waals surface area contributed by atoms with Crippen LogP contribution in [0.1, 0.15) is 41.1 Å². The van der Waals surface area contributed by atoms with Crippen molar-refractivity contribution in [2.24, 2.45) is 0 Å². The first-order valence-electron chi connectivity index (χ1n) is 8.65. The molecule has 1 fully saturated rings. The largest absolute Gasteiger partial charge is 0.496 e. The molecule has 2 aromatic rings. The summed E-state index contributed by atoms with van der Waals surface area (Å²) in [6.45, 7) is 2.28. The van der Waals surface area contributed by atoms with Gasteiger partial charge < -0.3 is 14.8 Å². The van der Waals surface area contributed by atoms with E-state index in [9.17, 15) is 0 Å². The van der Waals surface area contributed by atoms with Gasteiger partial charge in [0.1, 0.15) is 17.9 Å². The number of nitrogens with zero attached hydrogens (tertiary/aromatic N) is 2. The lowest BCUT2D eigenvalue weighted by molar-refractivity contribution is 0.193. The van der Waals surface area contributed by atoms with Crippen LogP contribution in [0.25, 0.3) is 0 Å². The number of methoxy groups -OCH3 is 1. The Morgan fingerprint density at radius 1 is 1.21 bits per heavy atom. The number of anilines is 1. The van der Waals surface area contributed by atoms with E-state index in [-0.39, 0.29) is 0 Å². The maximum Gasteiger partial charge on any atom is 0.129 e. The molecule has 1 aromatic carbocycles. The molecule has 1 aromatic heterocycles. The Hall–Kier alpha value is -2.14. The van der Waals surface area contributed by atoms with Crippen molar-refractivity contribution in [2.45, 2.75) is 38.1 Å². The highest BCUT2D eigenvalue weighted by Gasteiger charge is 2.20. The number of aryl methyl sites for hydroxylation is 2. The Kier molecular flexibility index (Phi) is 4.34.